The van der Waals surface area contributed by atoms with Gasteiger partial charge in [-0.1, -0.05) is 36.0 Å². The van der Waals surface area contributed by atoms with Gasteiger partial charge in [0, 0.05) is 4.47 Å². The molecule has 3 rings (SSSR count). The topological polar surface area (TPSA) is 17.8 Å². The number of thioether (sulfide) groups is 1. The number of aromatic nitrogens is 2. The lowest BCUT2D eigenvalue weighted by molar-refractivity contribution is 0.918. The molecule has 0 aliphatic rings. The lowest BCUT2D eigenvalue weighted by Crippen LogP contribution is -1.96. The summed E-state index contributed by atoms with van der Waals surface area (Å²) in [5.41, 5.74) is 3.28. The van der Waals surface area contributed by atoms with Gasteiger partial charge in [-0.15, -0.1) is 0 Å². The fourth-order valence-electron chi connectivity index (χ4n) is 2.01. The van der Waals surface area contributed by atoms with Crippen LogP contribution in [-0.4, -0.2) is 15.8 Å². The highest BCUT2D eigenvalue weighted by atomic mass is 79.9. The summed E-state index contributed by atoms with van der Waals surface area (Å²) in [6, 6.07) is 16.4. The van der Waals surface area contributed by atoms with Crippen molar-refractivity contribution in [3.05, 3.63) is 53.0 Å². The molecule has 0 radical (unpaired) electrons. The van der Waals surface area contributed by atoms with Crippen molar-refractivity contribution in [2.24, 2.45) is 0 Å². The number of imidazole rings is 1. The second-order valence-corrected chi connectivity index (χ2v) is 5.50. The highest BCUT2D eigenvalue weighted by molar-refractivity contribution is 9.10. The van der Waals surface area contributed by atoms with Crippen molar-refractivity contribution in [3.8, 4) is 5.69 Å². The highest BCUT2D eigenvalue weighted by Crippen LogP contribution is 2.30. The van der Waals surface area contributed by atoms with E-state index in [2.05, 4.69) is 43.9 Å². The van der Waals surface area contributed by atoms with Crippen LogP contribution in [0.4, 0.5) is 0 Å². The van der Waals surface area contributed by atoms with Crippen LogP contribution in [-0.2, 0) is 0 Å². The van der Waals surface area contributed by atoms with Crippen molar-refractivity contribution in [1.82, 2.24) is 9.55 Å². The van der Waals surface area contributed by atoms with Crippen LogP contribution in [0, 0.1) is 0 Å². The van der Waals surface area contributed by atoms with E-state index in [9.17, 15) is 0 Å². The maximum atomic E-state index is 4.65. The predicted molar refractivity (Wildman–Crippen MR) is 80.6 cm³/mol. The van der Waals surface area contributed by atoms with Gasteiger partial charge in [-0.05, 0) is 46.5 Å². The van der Waals surface area contributed by atoms with Crippen LogP contribution in [0.15, 0.2) is 58.2 Å². The van der Waals surface area contributed by atoms with Crippen molar-refractivity contribution in [2.75, 3.05) is 6.26 Å². The van der Waals surface area contributed by atoms with E-state index in [4.69, 9.17) is 0 Å². The fourth-order valence-corrected chi connectivity index (χ4v) is 3.04. The smallest absolute Gasteiger partial charge is 0.173 e. The Hall–Kier alpha value is -1.26. The third-order valence-electron chi connectivity index (χ3n) is 2.81. The van der Waals surface area contributed by atoms with Gasteiger partial charge in [0.25, 0.3) is 0 Å². The number of benzene rings is 2. The lowest BCUT2D eigenvalue weighted by Gasteiger charge is -2.09. The number of halogens is 1. The van der Waals surface area contributed by atoms with Crippen LogP contribution in [0.25, 0.3) is 16.7 Å². The largest absolute Gasteiger partial charge is 0.286 e. The summed E-state index contributed by atoms with van der Waals surface area (Å²) in [6.07, 6.45) is 2.05. The van der Waals surface area contributed by atoms with E-state index < -0.39 is 0 Å². The molecule has 1 aromatic heterocycles. The first-order valence-electron chi connectivity index (χ1n) is 5.57. The molecule has 2 aromatic carbocycles. The normalized spacial score (nSPS) is 11.0. The molecule has 1 heterocycles. The van der Waals surface area contributed by atoms with Gasteiger partial charge in [0.15, 0.2) is 5.16 Å². The first-order chi connectivity index (χ1) is 8.81. The quantitative estimate of drug-likeness (QED) is 0.647. The van der Waals surface area contributed by atoms with Crippen LogP contribution in [0.1, 0.15) is 0 Å². The van der Waals surface area contributed by atoms with Gasteiger partial charge in [0.05, 0.1) is 16.7 Å². The predicted octanol–water partition coefficient (Wildman–Crippen LogP) is 4.51. The summed E-state index contributed by atoms with van der Waals surface area (Å²) in [7, 11) is 0. The van der Waals surface area contributed by atoms with Crippen molar-refractivity contribution >= 4 is 38.7 Å². The summed E-state index contributed by atoms with van der Waals surface area (Å²) in [4.78, 5) is 4.65. The maximum absolute atomic E-state index is 4.65. The third-order valence-corrected chi connectivity index (χ3v) is 4.12. The second-order valence-electron chi connectivity index (χ2n) is 3.87. The molecule has 0 amide bonds. The number of rotatable bonds is 2. The lowest BCUT2D eigenvalue weighted by atomic mass is 10.3. The van der Waals surface area contributed by atoms with Gasteiger partial charge < -0.3 is 0 Å². The Bertz CT molecular complexity index is 706. The average Bonchev–Trinajstić information content (AvgIpc) is 2.78. The van der Waals surface area contributed by atoms with Crippen molar-refractivity contribution in [3.63, 3.8) is 0 Å². The minimum absolute atomic E-state index is 1.00. The first kappa shape index (κ1) is 11.8. The zero-order valence-corrected chi connectivity index (χ0v) is 12.2. The SMILES string of the molecule is CSc1nc2ccccc2n1-c1ccccc1Br. The van der Waals surface area contributed by atoms with Crippen LogP contribution in [0.2, 0.25) is 0 Å². The van der Waals surface area contributed by atoms with E-state index in [-0.39, 0.29) is 0 Å². The molecule has 4 heteroatoms. The molecule has 0 fully saturated rings. The van der Waals surface area contributed by atoms with Crippen molar-refractivity contribution in [2.45, 2.75) is 5.16 Å². The Labute approximate surface area is 118 Å². The number of hydrogen-bond donors (Lipinski definition) is 0. The summed E-state index contributed by atoms with van der Waals surface area (Å²) < 4.78 is 3.26. The number of nitrogens with zero attached hydrogens (tertiary/aromatic N) is 2. The second kappa shape index (κ2) is 4.78. The first-order valence-corrected chi connectivity index (χ1v) is 7.59. The Morgan fingerprint density at radius 1 is 1.06 bits per heavy atom. The summed E-state index contributed by atoms with van der Waals surface area (Å²) >= 11 is 5.26. The number of para-hydroxylation sites is 3. The van der Waals surface area contributed by atoms with E-state index in [1.165, 1.54) is 0 Å². The van der Waals surface area contributed by atoms with Gasteiger partial charge in [0.1, 0.15) is 0 Å². The third kappa shape index (κ3) is 1.85. The van der Waals surface area contributed by atoms with Crippen LogP contribution >= 0.6 is 27.7 Å². The maximum Gasteiger partial charge on any atom is 0.173 e. The van der Waals surface area contributed by atoms with Gasteiger partial charge in [0.2, 0.25) is 0 Å². The van der Waals surface area contributed by atoms with Gasteiger partial charge in [-0.25, -0.2) is 4.98 Å². The van der Waals surface area contributed by atoms with E-state index in [0.717, 1.165) is 26.3 Å². The average molecular weight is 319 g/mol. The molecule has 90 valence electrons. The Balaban J connectivity index is 2.37. The van der Waals surface area contributed by atoms with Crippen LogP contribution in [0.3, 0.4) is 0 Å². The molecule has 0 atom stereocenters. The molecule has 0 N–H and O–H groups in total. The Morgan fingerprint density at radius 3 is 2.56 bits per heavy atom. The molecule has 2 nitrogen and oxygen atoms in total. The molecular formula is C14H11BrN2S. The van der Waals surface area contributed by atoms with Crippen molar-refractivity contribution < 1.29 is 0 Å². The zero-order valence-electron chi connectivity index (χ0n) is 9.80. The van der Waals surface area contributed by atoms with E-state index in [1.54, 1.807) is 11.8 Å². The summed E-state index contributed by atoms with van der Waals surface area (Å²) in [6.45, 7) is 0. The minimum Gasteiger partial charge on any atom is -0.286 e. The molecule has 0 aliphatic heterocycles. The van der Waals surface area contributed by atoms with Gasteiger partial charge >= 0.3 is 0 Å². The highest BCUT2D eigenvalue weighted by Gasteiger charge is 2.12. The molecule has 0 saturated carbocycles. The van der Waals surface area contributed by atoms with Gasteiger partial charge in [-0.2, -0.15) is 0 Å². The van der Waals surface area contributed by atoms with E-state index >= 15 is 0 Å². The minimum atomic E-state index is 1.00. The molecule has 0 saturated heterocycles. The molecule has 3 aromatic rings. The standard InChI is InChI=1S/C14H11BrN2S/c1-18-14-16-11-7-3-5-9-13(11)17(14)12-8-4-2-6-10(12)15/h2-9H,1H3. The molecule has 0 bridgehead atoms. The Kier molecular flexibility index (Phi) is 3.14. The Morgan fingerprint density at radius 2 is 1.78 bits per heavy atom. The molecule has 0 spiro atoms. The van der Waals surface area contributed by atoms with E-state index in [0.29, 0.717) is 0 Å². The van der Waals surface area contributed by atoms with Gasteiger partial charge in [-0.3, -0.25) is 4.57 Å². The molecule has 0 aliphatic carbocycles. The number of hydrogen-bond acceptors (Lipinski definition) is 2. The van der Waals surface area contributed by atoms with Crippen molar-refractivity contribution in [1.29, 1.82) is 0 Å². The zero-order chi connectivity index (χ0) is 12.5. The summed E-state index contributed by atoms with van der Waals surface area (Å²) in [5.74, 6) is 0. The number of fused-ring (bicyclic) bond motifs is 1. The fraction of sp³-hybridized carbons (Fsp3) is 0.0714. The molecule has 0 unspecified atom stereocenters. The van der Waals surface area contributed by atoms with E-state index in [1.807, 2.05) is 36.4 Å². The van der Waals surface area contributed by atoms with Crippen LogP contribution in [0.5, 0.6) is 0 Å². The molecule has 18 heavy (non-hydrogen) atoms. The monoisotopic (exact) mass is 318 g/mol. The van der Waals surface area contributed by atoms with Crippen LogP contribution < -0.4 is 0 Å². The summed E-state index contributed by atoms with van der Waals surface area (Å²) in [5, 5.41) is 1.00. The molecular weight excluding hydrogens is 308 g/mol.